The van der Waals surface area contributed by atoms with Crippen LogP contribution in [0.4, 0.5) is 5.69 Å². The molecule has 2 N–H and O–H groups in total. The van der Waals surface area contributed by atoms with Crippen molar-refractivity contribution in [2.45, 2.75) is 19.9 Å². The first kappa shape index (κ1) is 16.7. The van der Waals surface area contributed by atoms with Gasteiger partial charge in [-0.25, -0.2) is 0 Å². The Labute approximate surface area is 124 Å². The largest absolute Gasteiger partial charge is 0.353 e. The summed E-state index contributed by atoms with van der Waals surface area (Å²) < 4.78 is 0. The molecule has 6 nitrogen and oxygen atoms in total. The number of nitrogens with zero attached hydrogens (tertiary/aromatic N) is 2. The lowest BCUT2D eigenvalue weighted by Crippen LogP contribution is -2.41. The zero-order chi connectivity index (χ0) is 15.8. The van der Waals surface area contributed by atoms with Gasteiger partial charge in [0.05, 0.1) is 24.7 Å². The van der Waals surface area contributed by atoms with Crippen LogP contribution in [-0.4, -0.2) is 42.9 Å². The number of carbonyl (C=O) groups is 2. The van der Waals surface area contributed by atoms with E-state index in [2.05, 4.69) is 10.6 Å². The smallest absolute Gasteiger partial charge is 0.238 e. The lowest BCUT2D eigenvalue weighted by atomic mass is 10.2. The van der Waals surface area contributed by atoms with Crippen LogP contribution in [0.1, 0.15) is 19.4 Å². The van der Waals surface area contributed by atoms with Crippen LogP contribution in [0.15, 0.2) is 24.3 Å². The first-order valence-corrected chi connectivity index (χ1v) is 6.68. The fourth-order valence-corrected chi connectivity index (χ4v) is 1.74. The van der Waals surface area contributed by atoms with E-state index in [0.29, 0.717) is 11.3 Å². The molecule has 0 unspecified atom stereocenters. The zero-order valence-electron chi connectivity index (χ0n) is 12.5. The summed E-state index contributed by atoms with van der Waals surface area (Å²) in [5.74, 6) is -0.321. The van der Waals surface area contributed by atoms with Gasteiger partial charge in [-0.1, -0.05) is 0 Å². The summed E-state index contributed by atoms with van der Waals surface area (Å²) in [7, 11) is 1.71. The summed E-state index contributed by atoms with van der Waals surface area (Å²) in [5.41, 5.74) is 1.16. The van der Waals surface area contributed by atoms with Gasteiger partial charge in [0.2, 0.25) is 11.8 Å². The van der Waals surface area contributed by atoms with Gasteiger partial charge in [0, 0.05) is 11.7 Å². The Morgan fingerprint density at radius 2 is 1.76 bits per heavy atom. The average Bonchev–Trinajstić information content (AvgIpc) is 2.37. The number of hydrogen-bond acceptors (Lipinski definition) is 4. The van der Waals surface area contributed by atoms with Gasteiger partial charge < -0.3 is 10.6 Å². The van der Waals surface area contributed by atoms with Gasteiger partial charge in [-0.15, -0.1) is 0 Å². The van der Waals surface area contributed by atoms with Crippen molar-refractivity contribution >= 4 is 17.5 Å². The van der Waals surface area contributed by atoms with E-state index in [1.165, 1.54) is 0 Å². The van der Waals surface area contributed by atoms with Crippen molar-refractivity contribution in [3.05, 3.63) is 29.8 Å². The molecule has 0 spiro atoms. The first-order chi connectivity index (χ1) is 9.90. The third-order valence-electron chi connectivity index (χ3n) is 2.57. The van der Waals surface area contributed by atoms with Gasteiger partial charge in [0.25, 0.3) is 0 Å². The maximum Gasteiger partial charge on any atom is 0.238 e. The standard InChI is InChI=1S/C15H20N4O2/c1-11(2)17-14(20)9-19(3)10-15(21)18-13-6-4-12(8-16)5-7-13/h4-7,11H,9-10H2,1-3H3,(H,17,20)(H,18,21). The molecule has 2 amide bonds. The number of likely N-dealkylation sites (N-methyl/N-ethyl adjacent to an activating group) is 1. The quantitative estimate of drug-likeness (QED) is 0.816. The molecule has 0 aliphatic heterocycles. The fourth-order valence-electron chi connectivity index (χ4n) is 1.74. The second-order valence-electron chi connectivity index (χ2n) is 5.13. The Hall–Kier alpha value is -2.39. The predicted octanol–water partition coefficient (Wildman–Crippen LogP) is 0.953. The summed E-state index contributed by atoms with van der Waals surface area (Å²) in [5, 5.41) is 14.2. The van der Waals surface area contributed by atoms with Crippen LogP contribution in [0.25, 0.3) is 0 Å². The summed E-state index contributed by atoms with van der Waals surface area (Å²) in [6, 6.07) is 8.70. The van der Waals surface area contributed by atoms with E-state index in [1.54, 1.807) is 36.2 Å². The highest BCUT2D eigenvalue weighted by Gasteiger charge is 2.11. The molecule has 1 rings (SSSR count). The van der Waals surface area contributed by atoms with E-state index < -0.39 is 0 Å². The van der Waals surface area contributed by atoms with Crippen molar-refractivity contribution < 1.29 is 9.59 Å². The van der Waals surface area contributed by atoms with Crippen molar-refractivity contribution in [1.29, 1.82) is 5.26 Å². The van der Waals surface area contributed by atoms with Crippen LogP contribution >= 0.6 is 0 Å². The number of nitriles is 1. The zero-order valence-corrected chi connectivity index (χ0v) is 12.5. The molecular formula is C15H20N4O2. The van der Waals surface area contributed by atoms with E-state index >= 15 is 0 Å². The normalized spacial score (nSPS) is 10.3. The van der Waals surface area contributed by atoms with Crippen LogP contribution in [0.2, 0.25) is 0 Å². The minimum atomic E-state index is -0.209. The van der Waals surface area contributed by atoms with Crippen molar-refractivity contribution in [2.24, 2.45) is 0 Å². The number of benzene rings is 1. The Morgan fingerprint density at radius 3 is 2.29 bits per heavy atom. The molecule has 0 bridgehead atoms. The molecule has 21 heavy (non-hydrogen) atoms. The molecule has 0 aliphatic rings. The molecule has 0 heterocycles. The second-order valence-corrected chi connectivity index (χ2v) is 5.13. The summed E-state index contributed by atoms with van der Waals surface area (Å²) in [6.07, 6.45) is 0. The van der Waals surface area contributed by atoms with Crippen LogP contribution in [0.5, 0.6) is 0 Å². The van der Waals surface area contributed by atoms with E-state index in [9.17, 15) is 9.59 Å². The Balaban J connectivity index is 2.42. The summed E-state index contributed by atoms with van der Waals surface area (Å²) >= 11 is 0. The number of anilines is 1. The van der Waals surface area contributed by atoms with Gasteiger partial charge >= 0.3 is 0 Å². The van der Waals surface area contributed by atoms with E-state index in [-0.39, 0.29) is 30.9 Å². The molecule has 1 aromatic carbocycles. The Bertz CT molecular complexity index is 532. The van der Waals surface area contributed by atoms with Crippen molar-refractivity contribution in [3.8, 4) is 6.07 Å². The minimum absolute atomic E-state index is 0.0818. The lowest BCUT2D eigenvalue weighted by Gasteiger charge is -2.17. The van der Waals surface area contributed by atoms with Crippen LogP contribution in [0.3, 0.4) is 0 Å². The van der Waals surface area contributed by atoms with Crippen LogP contribution in [-0.2, 0) is 9.59 Å². The van der Waals surface area contributed by atoms with Gasteiger partial charge in [0.1, 0.15) is 0 Å². The minimum Gasteiger partial charge on any atom is -0.353 e. The number of hydrogen-bond donors (Lipinski definition) is 2. The van der Waals surface area contributed by atoms with Gasteiger partial charge in [0.15, 0.2) is 0 Å². The molecule has 112 valence electrons. The number of amides is 2. The van der Waals surface area contributed by atoms with Crippen LogP contribution < -0.4 is 10.6 Å². The van der Waals surface area contributed by atoms with Gasteiger partial charge in [-0.05, 0) is 45.2 Å². The average molecular weight is 288 g/mol. The molecule has 6 heteroatoms. The molecular weight excluding hydrogens is 268 g/mol. The highest BCUT2D eigenvalue weighted by molar-refractivity contribution is 5.92. The highest BCUT2D eigenvalue weighted by Crippen LogP contribution is 2.08. The van der Waals surface area contributed by atoms with Gasteiger partial charge in [-0.3, -0.25) is 14.5 Å². The summed E-state index contributed by atoms with van der Waals surface area (Å²) in [6.45, 7) is 4.05. The van der Waals surface area contributed by atoms with Gasteiger partial charge in [-0.2, -0.15) is 5.26 Å². The van der Waals surface area contributed by atoms with Crippen molar-refractivity contribution in [1.82, 2.24) is 10.2 Å². The monoisotopic (exact) mass is 288 g/mol. The maximum absolute atomic E-state index is 11.8. The number of rotatable bonds is 6. The van der Waals surface area contributed by atoms with Crippen molar-refractivity contribution in [2.75, 3.05) is 25.5 Å². The molecule has 0 aromatic heterocycles. The topological polar surface area (TPSA) is 85.2 Å². The predicted molar refractivity (Wildman–Crippen MR) is 80.6 cm³/mol. The van der Waals surface area contributed by atoms with E-state index in [0.717, 1.165) is 0 Å². The fraction of sp³-hybridized carbons (Fsp3) is 0.400. The van der Waals surface area contributed by atoms with E-state index in [1.807, 2.05) is 19.9 Å². The second kappa shape index (κ2) is 8.02. The molecule has 0 aliphatic carbocycles. The SMILES string of the molecule is CC(C)NC(=O)CN(C)CC(=O)Nc1ccc(C#N)cc1. The number of carbonyl (C=O) groups excluding carboxylic acids is 2. The molecule has 0 atom stereocenters. The molecule has 0 saturated carbocycles. The Kier molecular flexibility index (Phi) is 6.37. The Morgan fingerprint density at radius 1 is 1.19 bits per heavy atom. The summed E-state index contributed by atoms with van der Waals surface area (Å²) in [4.78, 5) is 25.0. The highest BCUT2D eigenvalue weighted by atomic mass is 16.2. The third-order valence-corrected chi connectivity index (χ3v) is 2.57. The lowest BCUT2D eigenvalue weighted by molar-refractivity contribution is -0.123. The maximum atomic E-state index is 11.8. The van der Waals surface area contributed by atoms with E-state index in [4.69, 9.17) is 5.26 Å². The molecule has 0 radical (unpaired) electrons. The molecule has 0 saturated heterocycles. The first-order valence-electron chi connectivity index (χ1n) is 6.68. The molecule has 1 aromatic rings. The third kappa shape index (κ3) is 6.54. The number of nitrogens with one attached hydrogen (secondary N) is 2. The van der Waals surface area contributed by atoms with Crippen molar-refractivity contribution in [3.63, 3.8) is 0 Å². The van der Waals surface area contributed by atoms with Crippen LogP contribution in [0, 0.1) is 11.3 Å². The molecule has 0 fully saturated rings.